The summed E-state index contributed by atoms with van der Waals surface area (Å²) in [6, 6.07) is 6.51. The zero-order chi connectivity index (χ0) is 14.5. The molecular weight excluding hydrogens is 298 g/mol. The van der Waals surface area contributed by atoms with Crippen LogP contribution in [0.3, 0.4) is 0 Å². The topological polar surface area (TPSA) is 102 Å². The number of aliphatic imine (C=N–C) groups is 1. The molecule has 3 amide bonds. The molecule has 1 aliphatic rings. The summed E-state index contributed by atoms with van der Waals surface area (Å²) in [5.74, 6) is -0.626. The highest BCUT2D eigenvalue weighted by Crippen LogP contribution is 2.23. The van der Waals surface area contributed by atoms with Crippen molar-refractivity contribution in [1.29, 1.82) is 0 Å². The Morgan fingerprint density at radius 2 is 2.15 bits per heavy atom. The second-order valence-corrected chi connectivity index (χ2v) is 5.99. The van der Waals surface area contributed by atoms with E-state index in [9.17, 15) is 14.4 Å². The minimum atomic E-state index is -0.602. The number of amides is 3. The average Bonchev–Trinajstić information content (AvgIpc) is 2.83. The van der Waals surface area contributed by atoms with Gasteiger partial charge in [0.15, 0.2) is 0 Å². The molecule has 0 fully saturated rings. The van der Waals surface area contributed by atoms with Gasteiger partial charge in [-0.1, -0.05) is 35.7 Å². The van der Waals surface area contributed by atoms with E-state index in [-0.39, 0.29) is 23.1 Å². The van der Waals surface area contributed by atoms with Gasteiger partial charge in [-0.2, -0.15) is 4.99 Å². The van der Waals surface area contributed by atoms with Crippen LogP contribution in [0.1, 0.15) is 10.4 Å². The lowest BCUT2D eigenvalue weighted by Crippen LogP contribution is -2.19. The van der Waals surface area contributed by atoms with Crippen molar-refractivity contribution in [3.05, 3.63) is 29.8 Å². The summed E-state index contributed by atoms with van der Waals surface area (Å²) >= 11 is 2.51. The molecule has 1 aliphatic heterocycles. The summed E-state index contributed by atoms with van der Waals surface area (Å²) in [4.78, 5) is 37.7. The molecule has 0 unspecified atom stereocenters. The van der Waals surface area contributed by atoms with E-state index in [1.54, 1.807) is 24.3 Å². The molecule has 0 saturated heterocycles. The summed E-state index contributed by atoms with van der Waals surface area (Å²) in [5, 5.41) is 2.62. The third kappa shape index (κ3) is 3.84. The van der Waals surface area contributed by atoms with Gasteiger partial charge in [-0.3, -0.25) is 14.4 Å². The second-order valence-electron chi connectivity index (χ2n) is 3.81. The lowest BCUT2D eigenvalue weighted by Gasteiger charge is -2.08. The van der Waals surface area contributed by atoms with E-state index in [0.717, 1.165) is 0 Å². The van der Waals surface area contributed by atoms with Crippen LogP contribution in [0.25, 0.3) is 0 Å². The molecule has 0 atom stereocenters. The number of anilines is 1. The molecule has 0 saturated carbocycles. The molecule has 8 heteroatoms. The van der Waals surface area contributed by atoms with Crippen LogP contribution in [0.5, 0.6) is 0 Å². The average molecular weight is 309 g/mol. The van der Waals surface area contributed by atoms with Gasteiger partial charge in [-0.05, 0) is 12.1 Å². The maximum absolute atomic E-state index is 11.8. The van der Waals surface area contributed by atoms with Gasteiger partial charge in [0.1, 0.15) is 4.38 Å². The first-order chi connectivity index (χ1) is 9.56. The van der Waals surface area contributed by atoms with E-state index in [4.69, 9.17) is 5.73 Å². The van der Waals surface area contributed by atoms with Crippen LogP contribution in [-0.2, 0) is 9.59 Å². The van der Waals surface area contributed by atoms with Gasteiger partial charge in [0.2, 0.25) is 5.91 Å². The molecule has 1 heterocycles. The lowest BCUT2D eigenvalue weighted by atomic mass is 10.1. The first kappa shape index (κ1) is 14.6. The third-order valence-corrected chi connectivity index (χ3v) is 4.51. The van der Waals surface area contributed by atoms with E-state index in [0.29, 0.717) is 15.8 Å². The van der Waals surface area contributed by atoms with Crippen LogP contribution in [0, 0.1) is 0 Å². The molecule has 0 bridgehead atoms. The minimum absolute atomic E-state index is 0.117. The van der Waals surface area contributed by atoms with E-state index in [2.05, 4.69) is 10.3 Å². The summed E-state index contributed by atoms with van der Waals surface area (Å²) in [6.45, 7) is 0. The molecule has 0 aromatic heterocycles. The molecule has 1 aromatic carbocycles. The molecular formula is C12H11N3O3S2. The van der Waals surface area contributed by atoms with Crippen LogP contribution < -0.4 is 11.1 Å². The fourth-order valence-electron chi connectivity index (χ4n) is 1.48. The first-order valence-corrected chi connectivity index (χ1v) is 7.59. The first-order valence-electron chi connectivity index (χ1n) is 5.62. The number of primary amides is 1. The number of carbonyl (C=O) groups is 3. The number of para-hydroxylation sites is 1. The normalized spacial score (nSPS) is 14.0. The summed E-state index contributed by atoms with van der Waals surface area (Å²) in [5.41, 5.74) is 5.86. The van der Waals surface area contributed by atoms with Crippen molar-refractivity contribution in [2.45, 2.75) is 0 Å². The summed E-state index contributed by atoms with van der Waals surface area (Å²) in [6.07, 6.45) is 0. The molecule has 104 valence electrons. The number of hydrogen-bond donors (Lipinski definition) is 2. The summed E-state index contributed by atoms with van der Waals surface area (Å²) < 4.78 is 0.591. The quantitative estimate of drug-likeness (QED) is 0.866. The molecule has 6 nitrogen and oxygen atoms in total. The predicted molar refractivity (Wildman–Crippen MR) is 80.9 cm³/mol. The van der Waals surface area contributed by atoms with E-state index < -0.39 is 5.91 Å². The van der Waals surface area contributed by atoms with Gasteiger partial charge >= 0.3 is 0 Å². The molecule has 1 aromatic rings. The van der Waals surface area contributed by atoms with Gasteiger partial charge in [0, 0.05) is 0 Å². The van der Waals surface area contributed by atoms with Crippen molar-refractivity contribution in [3.63, 3.8) is 0 Å². The van der Waals surface area contributed by atoms with Gasteiger partial charge in [-0.25, -0.2) is 0 Å². The Kier molecular flexibility index (Phi) is 4.80. The smallest absolute Gasteiger partial charge is 0.257 e. The van der Waals surface area contributed by atoms with Crippen LogP contribution in [0.2, 0.25) is 0 Å². The number of rotatable bonds is 4. The lowest BCUT2D eigenvalue weighted by molar-refractivity contribution is -0.115. The number of benzene rings is 1. The number of hydrogen-bond acceptors (Lipinski definition) is 5. The van der Waals surface area contributed by atoms with E-state index in [1.807, 2.05) is 0 Å². The molecule has 2 rings (SSSR count). The minimum Gasteiger partial charge on any atom is -0.366 e. The van der Waals surface area contributed by atoms with Gasteiger partial charge < -0.3 is 11.1 Å². The van der Waals surface area contributed by atoms with Crippen molar-refractivity contribution < 1.29 is 14.4 Å². The van der Waals surface area contributed by atoms with Crippen LogP contribution in [0.4, 0.5) is 5.69 Å². The zero-order valence-corrected chi connectivity index (χ0v) is 11.9. The van der Waals surface area contributed by atoms with Crippen molar-refractivity contribution in [3.8, 4) is 0 Å². The molecule has 0 spiro atoms. The molecule has 0 radical (unpaired) electrons. The highest BCUT2D eigenvalue weighted by Gasteiger charge is 2.17. The molecule has 20 heavy (non-hydrogen) atoms. The Hall–Kier alpha value is -1.80. The standard InChI is InChI=1S/C12H11N3O3S2/c13-11(18)7-3-1-2-4-8(7)14-9(16)5-19-12-15-10(17)6-20-12/h1-4H,5-6H2,(H2,13,18)(H,14,16). The van der Waals surface area contributed by atoms with Crippen molar-refractivity contribution >= 4 is 51.3 Å². The second kappa shape index (κ2) is 6.58. The highest BCUT2D eigenvalue weighted by molar-refractivity contribution is 8.39. The highest BCUT2D eigenvalue weighted by atomic mass is 32.2. The molecule has 0 aliphatic carbocycles. The number of thioether (sulfide) groups is 2. The number of carbonyl (C=O) groups excluding carboxylic acids is 3. The monoisotopic (exact) mass is 309 g/mol. The maximum Gasteiger partial charge on any atom is 0.257 e. The van der Waals surface area contributed by atoms with Gasteiger partial charge in [0.05, 0.1) is 22.8 Å². The SMILES string of the molecule is NC(=O)c1ccccc1NC(=O)CSC1=NC(=O)CS1. The number of nitrogens with two attached hydrogens (primary N) is 1. The Morgan fingerprint density at radius 3 is 2.80 bits per heavy atom. The fraction of sp³-hybridized carbons (Fsp3) is 0.167. The van der Waals surface area contributed by atoms with Crippen molar-refractivity contribution in [2.75, 3.05) is 16.8 Å². The van der Waals surface area contributed by atoms with Gasteiger partial charge in [-0.15, -0.1) is 0 Å². The van der Waals surface area contributed by atoms with Crippen LogP contribution in [0.15, 0.2) is 29.3 Å². The van der Waals surface area contributed by atoms with Crippen molar-refractivity contribution in [1.82, 2.24) is 0 Å². The summed E-state index contributed by atoms with van der Waals surface area (Å²) in [7, 11) is 0. The maximum atomic E-state index is 11.8. The van der Waals surface area contributed by atoms with E-state index >= 15 is 0 Å². The fourth-order valence-corrected chi connectivity index (χ4v) is 3.14. The van der Waals surface area contributed by atoms with Gasteiger partial charge in [0.25, 0.3) is 11.8 Å². The van der Waals surface area contributed by atoms with E-state index in [1.165, 1.54) is 23.5 Å². The Labute approximate surface area is 123 Å². The predicted octanol–water partition coefficient (Wildman–Crippen LogP) is 1.09. The van der Waals surface area contributed by atoms with Crippen LogP contribution >= 0.6 is 23.5 Å². The zero-order valence-electron chi connectivity index (χ0n) is 10.3. The third-order valence-electron chi connectivity index (χ3n) is 2.33. The van der Waals surface area contributed by atoms with Crippen molar-refractivity contribution in [2.24, 2.45) is 10.7 Å². The number of nitrogens with zero attached hydrogens (tertiary/aromatic N) is 1. The Morgan fingerprint density at radius 1 is 1.40 bits per heavy atom. The molecule has 3 N–H and O–H groups in total. The largest absolute Gasteiger partial charge is 0.366 e. The Bertz CT molecular complexity index is 601. The Balaban J connectivity index is 1.93. The number of nitrogens with one attached hydrogen (secondary N) is 1. The van der Waals surface area contributed by atoms with Crippen LogP contribution in [-0.4, -0.2) is 33.6 Å².